The summed E-state index contributed by atoms with van der Waals surface area (Å²) in [6.07, 6.45) is 6.55. The molecule has 5 heteroatoms. The summed E-state index contributed by atoms with van der Waals surface area (Å²) >= 11 is 1.94. The molecule has 2 fully saturated rings. The van der Waals surface area contributed by atoms with Gasteiger partial charge in [0.15, 0.2) is 0 Å². The number of aromatic nitrogens is 1. The number of thiophene rings is 1. The van der Waals surface area contributed by atoms with Crippen molar-refractivity contribution in [3.8, 4) is 0 Å². The molecule has 0 aromatic carbocycles. The van der Waals surface area contributed by atoms with Crippen LogP contribution in [0.2, 0.25) is 0 Å². The number of hydrogen-bond donors (Lipinski definition) is 1. The molecule has 0 amide bonds. The van der Waals surface area contributed by atoms with E-state index in [2.05, 4.69) is 33.0 Å². The van der Waals surface area contributed by atoms with Crippen molar-refractivity contribution in [1.29, 1.82) is 0 Å². The fraction of sp³-hybridized carbons (Fsp3) is 0.571. The molecule has 1 N–H and O–H groups in total. The zero-order chi connectivity index (χ0) is 17.8. The monoisotopic (exact) mass is 371 g/mol. The van der Waals surface area contributed by atoms with Gasteiger partial charge in [0.2, 0.25) is 0 Å². The largest absolute Gasteiger partial charge is 0.391 e. The third-order valence-corrected chi connectivity index (χ3v) is 6.66. The van der Waals surface area contributed by atoms with Crippen LogP contribution >= 0.6 is 11.3 Å². The Bertz CT molecular complexity index is 684. The van der Waals surface area contributed by atoms with Crippen molar-refractivity contribution in [3.63, 3.8) is 0 Å². The first kappa shape index (κ1) is 18.1. The van der Waals surface area contributed by atoms with E-state index < -0.39 is 0 Å². The lowest BCUT2D eigenvalue weighted by molar-refractivity contribution is 0.140. The summed E-state index contributed by atoms with van der Waals surface area (Å²) in [5.74, 6) is 0.290. The highest BCUT2D eigenvalue weighted by Crippen LogP contribution is 2.26. The maximum Gasteiger partial charge on any atom is 0.0711 e. The number of β-amino-alcohol motifs (C(OH)–C–C–N with tert-alkyl or cyclic N) is 1. The van der Waals surface area contributed by atoms with Gasteiger partial charge in [-0.1, -0.05) is 12.5 Å². The fourth-order valence-electron chi connectivity index (χ4n) is 4.21. The minimum Gasteiger partial charge on any atom is -0.391 e. The van der Waals surface area contributed by atoms with E-state index in [1.807, 2.05) is 29.7 Å². The average Bonchev–Trinajstić information content (AvgIpc) is 3.23. The molecule has 2 aromatic rings. The Hall–Kier alpha value is -1.27. The third kappa shape index (κ3) is 4.71. The molecule has 0 unspecified atom stereocenters. The van der Waals surface area contributed by atoms with Gasteiger partial charge in [-0.15, -0.1) is 11.3 Å². The number of likely N-dealkylation sites (tertiary alicyclic amines) is 2. The number of aliphatic hydroxyl groups is 1. The van der Waals surface area contributed by atoms with Crippen LogP contribution in [0.25, 0.3) is 0 Å². The summed E-state index contributed by atoms with van der Waals surface area (Å²) in [6, 6.07) is 10.6. The van der Waals surface area contributed by atoms with Gasteiger partial charge in [-0.05, 0) is 56.6 Å². The SMILES string of the molecule is O[C@@H]1CN(Cc2ccc(CN3CCCCC3)s2)C[C@H]1Cc1ccccn1. The zero-order valence-corrected chi connectivity index (χ0v) is 16.2. The Morgan fingerprint density at radius 2 is 1.73 bits per heavy atom. The van der Waals surface area contributed by atoms with E-state index in [1.165, 1.54) is 42.1 Å². The van der Waals surface area contributed by atoms with Gasteiger partial charge in [0, 0.05) is 53.7 Å². The minimum atomic E-state index is -0.246. The van der Waals surface area contributed by atoms with Crippen LogP contribution in [0, 0.1) is 5.92 Å². The predicted molar refractivity (Wildman–Crippen MR) is 106 cm³/mol. The minimum absolute atomic E-state index is 0.246. The Morgan fingerprint density at radius 3 is 2.46 bits per heavy atom. The first-order valence-electron chi connectivity index (χ1n) is 9.86. The van der Waals surface area contributed by atoms with Crippen LogP contribution in [0.15, 0.2) is 36.5 Å². The Balaban J connectivity index is 1.29. The normalized spacial score (nSPS) is 25.0. The lowest BCUT2D eigenvalue weighted by Gasteiger charge is -2.25. The molecule has 4 nitrogen and oxygen atoms in total. The molecule has 2 aliphatic rings. The lowest BCUT2D eigenvalue weighted by Crippen LogP contribution is -2.28. The van der Waals surface area contributed by atoms with Crippen LogP contribution in [-0.4, -0.2) is 52.2 Å². The summed E-state index contributed by atoms with van der Waals surface area (Å²) in [5, 5.41) is 10.4. The third-order valence-electron chi connectivity index (χ3n) is 5.60. The molecule has 0 spiro atoms. The average molecular weight is 372 g/mol. The van der Waals surface area contributed by atoms with Gasteiger partial charge in [-0.2, -0.15) is 0 Å². The second-order valence-electron chi connectivity index (χ2n) is 7.75. The molecule has 2 aromatic heterocycles. The highest BCUT2D eigenvalue weighted by molar-refractivity contribution is 7.11. The van der Waals surface area contributed by atoms with Gasteiger partial charge < -0.3 is 5.11 Å². The van der Waals surface area contributed by atoms with Crippen molar-refractivity contribution >= 4 is 11.3 Å². The molecule has 26 heavy (non-hydrogen) atoms. The molecule has 0 aliphatic carbocycles. The van der Waals surface area contributed by atoms with Crippen molar-refractivity contribution in [3.05, 3.63) is 52.0 Å². The highest BCUT2D eigenvalue weighted by atomic mass is 32.1. The van der Waals surface area contributed by atoms with Gasteiger partial charge in [0.05, 0.1) is 6.10 Å². The molecule has 2 aliphatic heterocycles. The lowest BCUT2D eigenvalue weighted by atomic mass is 10.00. The second kappa shape index (κ2) is 8.61. The van der Waals surface area contributed by atoms with Crippen LogP contribution in [0.5, 0.6) is 0 Å². The number of hydrogen-bond acceptors (Lipinski definition) is 5. The van der Waals surface area contributed by atoms with Crippen LogP contribution in [0.1, 0.15) is 34.7 Å². The summed E-state index contributed by atoms with van der Waals surface area (Å²) < 4.78 is 0. The van der Waals surface area contributed by atoms with Crippen molar-refractivity contribution in [1.82, 2.24) is 14.8 Å². The first-order valence-corrected chi connectivity index (χ1v) is 10.7. The maximum atomic E-state index is 10.4. The van der Waals surface area contributed by atoms with Crippen LogP contribution in [0.4, 0.5) is 0 Å². The Labute approximate surface area is 160 Å². The number of pyridine rings is 1. The Kier molecular flexibility index (Phi) is 6.00. The second-order valence-corrected chi connectivity index (χ2v) is 9.00. The maximum absolute atomic E-state index is 10.4. The van der Waals surface area contributed by atoms with E-state index in [1.54, 1.807) is 0 Å². The zero-order valence-electron chi connectivity index (χ0n) is 15.4. The molecule has 2 atom stereocenters. The molecule has 4 rings (SSSR count). The van der Waals surface area contributed by atoms with Crippen molar-refractivity contribution in [2.75, 3.05) is 26.2 Å². The van der Waals surface area contributed by atoms with E-state index in [0.717, 1.165) is 38.3 Å². The summed E-state index contributed by atoms with van der Waals surface area (Å²) in [7, 11) is 0. The van der Waals surface area contributed by atoms with Crippen molar-refractivity contribution in [2.45, 2.75) is 44.9 Å². The molecule has 2 saturated heterocycles. The van der Waals surface area contributed by atoms with Crippen LogP contribution < -0.4 is 0 Å². The van der Waals surface area contributed by atoms with Gasteiger partial charge in [-0.25, -0.2) is 0 Å². The Morgan fingerprint density at radius 1 is 0.962 bits per heavy atom. The molecule has 0 radical (unpaired) electrons. The summed E-state index contributed by atoms with van der Waals surface area (Å²) in [5.41, 5.74) is 1.08. The van der Waals surface area contributed by atoms with E-state index >= 15 is 0 Å². The standard InChI is InChI=1S/C21H29N3OS/c25-21-16-24(13-17(21)12-18-6-2-3-9-22-18)15-20-8-7-19(26-20)14-23-10-4-1-5-11-23/h2-3,6-9,17,21,25H,1,4-5,10-16H2/t17-,21-/m1/s1. The molecule has 140 valence electrons. The highest BCUT2D eigenvalue weighted by Gasteiger charge is 2.31. The quantitative estimate of drug-likeness (QED) is 0.847. The van der Waals surface area contributed by atoms with Crippen molar-refractivity contribution < 1.29 is 5.11 Å². The smallest absolute Gasteiger partial charge is 0.0711 e. The predicted octanol–water partition coefficient (Wildman–Crippen LogP) is 3.16. The number of rotatable bonds is 6. The van der Waals surface area contributed by atoms with E-state index in [-0.39, 0.29) is 12.0 Å². The first-order chi connectivity index (χ1) is 12.8. The number of piperidine rings is 1. The van der Waals surface area contributed by atoms with E-state index in [9.17, 15) is 5.11 Å². The van der Waals surface area contributed by atoms with Gasteiger partial charge in [0.1, 0.15) is 0 Å². The van der Waals surface area contributed by atoms with Crippen molar-refractivity contribution in [2.24, 2.45) is 5.92 Å². The van der Waals surface area contributed by atoms with Gasteiger partial charge in [0.25, 0.3) is 0 Å². The molecular formula is C21H29N3OS. The van der Waals surface area contributed by atoms with E-state index in [0.29, 0.717) is 0 Å². The summed E-state index contributed by atoms with van der Waals surface area (Å²) in [6.45, 7) is 6.30. The van der Waals surface area contributed by atoms with Crippen LogP contribution in [0.3, 0.4) is 0 Å². The topological polar surface area (TPSA) is 39.6 Å². The van der Waals surface area contributed by atoms with Gasteiger partial charge in [-0.3, -0.25) is 14.8 Å². The number of aliphatic hydroxyl groups excluding tert-OH is 1. The van der Waals surface area contributed by atoms with Crippen LogP contribution in [-0.2, 0) is 19.5 Å². The summed E-state index contributed by atoms with van der Waals surface area (Å²) in [4.78, 5) is 12.3. The number of nitrogens with zero attached hydrogens (tertiary/aromatic N) is 3. The molecular weight excluding hydrogens is 342 g/mol. The fourth-order valence-corrected chi connectivity index (χ4v) is 5.31. The van der Waals surface area contributed by atoms with Gasteiger partial charge >= 0.3 is 0 Å². The molecule has 0 bridgehead atoms. The molecule has 4 heterocycles. The molecule has 0 saturated carbocycles. The van der Waals surface area contributed by atoms with E-state index in [4.69, 9.17) is 0 Å².